The molecule has 53 heavy (non-hydrogen) atoms. The molecule has 0 fully saturated rings. The third-order valence-corrected chi connectivity index (χ3v) is 11.6. The summed E-state index contributed by atoms with van der Waals surface area (Å²) in [6, 6.07) is 28.0. The fourth-order valence-corrected chi connectivity index (χ4v) is 7.86. The number of benzene rings is 4. The van der Waals surface area contributed by atoms with E-state index in [4.69, 9.17) is 9.15 Å². The molecule has 1 aromatic heterocycles. The second-order valence-corrected chi connectivity index (χ2v) is 17.7. The van der Waals surface area contributed by atoms with Gasteiger partial charge >= 0.3 is 5.89 Å². The number of aromatic nitrogens is 1. The van der Waals surface area contributed by atoms with E-state index in [0.717, 1.165) is 48.0 Å². The molecule has 0 aliphatic carbocycles. The molecule has 1 aliphatic heterocycles. The number of ether oxygens (including phenoxy) is 1. The number of hydrogen-bond donors (Lipinski definition) is 2. The Hall–Kier alpha value is -3.79. The number of nitrogens with zero attached hydrogens (tertiary/aromatic N) is 2. The van der Waals surface area contributed by atoms with Crippen LogP contribution in [0.1, 0.15) is 44.9 Å². The van der Waals surface area contributed by atoms with E-state index >= 15 is 0 Å². The van der Waals surface area contributed by atoms with Crippen LogP contribution in [0.4, 0.5) is 5.69 Å². The number of aryl methyl sites for hydroxylation is 1. The maximum Gasteiger partial charge on any atom is 0.374 e. The van der Waals surface area contributed by atoms with E-state index in [-0.39, 0.29) is 24.3 Å². The maximum atomic E-state index is 11.4. The SMILES string of the molecule is CCC(=Cc1oc2ccc(-c3ccc(Br)cc3)cc2[n+]1CCCCS(=O)(=O)O)C=C1Oc2ccc(-c3ccc(Br)cc3)cc2N1CCCCS(=O)(=O)O. The van der Waals surface area contributed by atoms with Crippen molar-refractivity contribution in [1.82, 2.24) is 0 Å². The predicted octanol–water partition coefficient (Wildman–Crippen LogP) is 9.45. The highest BCUT2D eigenvalue weighted by Crippen LogP contribution is 2.42. The summed E-state index contributed by atoms with van der Waals surface area (Å²) in [5.74, 6) is 1.15. The van der Waals surface area contributed by atoms with Gasteiger partial charge in [-0.3, -0.25) is 9.11 Å². The second-order valence-electron chi connectivity index (χ2n) is 12.8. The first-order valence-electron chi connectivity index (χ1n) is 17.2. The first-order chi connectivity index (χ1) is 25.3. The van der Waals surface area contributed by atoms with Crippen molar-refractivity contribution in [3.63, 3.8) is 0 Å². The quantitative estimate of drug-likeness (QED) is 0.0598. The second kappa shape index (κ2) is 16.7. The van der Waals surface area contributed by atoms with Crippen LogP contribution in [0.5, 0.6) is 5.75 Å². The number of rotatable bonds is 15. The molecule has 0 saturated carbocycles. The number of hydrogen-bond acceptors (Lipinski definition) is 7. The highest BCUT2D eigenvalue weighted by molar-refractivity contribution is 9.10. The Morgan fingerprint density at radius 2 is 1.32 bits per heavy atom. The summed E-state index contributed by atoms with van der Waals surface area (Å²) in [7, 11) is -8.17. The van der Waals surface area contributed by atoms with Gasteiger partial charge in [0, 0.05) is 34.1 Å². The van der Waals surface area contributed by atoms with E-state index in [1.54, 1.807) is 0 Å². The summed E-state index contributed by atoms with van der Waals surface area (Å²) in [4.78, 5) is 2.03. The fourth-order valence-electron chi connectivity index (χ4n) is 6.19. The molecule has 2 N–H and O–H groups in total. The molecule has 0 spiro atoms. The third-order valence-electron chi connectivity index (χ3n) is 8.91. The Labute approximate surface area is 326 Å². The van der Waals surface area contributed by atoms with Crippen LogP contribution >= 0.6 is 31.9 Å². The van der Waals surface area contributed by atoms with Crippen LogP contribution in [0.15, 0.2) is 116 Å². The topological polar surface area (TPSA) is 138 Å². The van der Waals surface area contributed by atoms with Gasteiger partial charge in [-0.25, -0.2) is 0 Å². The van der Waals surface area contributed by atoms with Gasteiger partial charge in [-0.1, -0.05) is 75.2 Å². The van der Waals surface area contributed by atoms with Crippen molar-refractivity contribution in [2.45, 2.75) is 45.6 Å². The Morgan fingerprint density at radius 1 is 0.755 bits per heavy atom. The van der Waals surface area contributed by atoms with Crippen LogP contribution in [0.25, 0.3) is 39.4 Å². The summed E-state index contributed by atoms with van der Waals surface area (Å²) < 4.78 is 81.2. The lowest BCUT2D eigenvalue weighted by Crippen LogP contribution is -2.35. The van der Waals surface area contributed by atoms with Crippen LogP contribution in [0.3, 0.4) is 0 Å². The lowest BCUT2D eigenvalue weighted by atomic mass is 10.0. The Bertz CT molecular complexity index is 2390. The van der Waals surface area contributed by atoms with Gasteiger partial charge in [0.1, 0.15) is 0 Å². The minimum atomic E-state index is -4.08. The zero-order chi connectivity index (χ0) is 37.8. The summed E-state index contributed by atoms with van der Waals surface area (Å²) in [5, 5.41) is 0. The summed E-state index contributed by atoms with van der Waals surface area (Å²) >= 11 is 6.99. The molecule has 0 bridgehead atoms. The van der Waals surface area contributed by atoms with E-state index in [9.17, 15) is 25.9 Å². The number of oxazole rings is 1. The molecule has 278 valence electrons. The van der Waals surface area contributed by atoms with E-state index in [1.165, 1.54) is 0 Å². The number of allylic oxidation sites excluding steroid dienone is 2. The van der Waals surface area contributed by atoms with Crippen molar-refractivity contribution in [2.24, 2.45) is 0 Å². The van der Waals surface area contributed by atoms with E-state index in [2.05, 4.69) is 44.0 Å². The lowest BCUT2D eigenvalue weighted by molar-refractivity contribution is -0.678. The van der Waals surface area contributed by atoms with Gasteiger partial charge < -0.3 is 14.1 Å². The Kier molecular flexibility index (Phi) is 12.3. The van der Waals surface area contributed by atoms with Gasteiger partial charge in [0.05, 0.1) is 23.3 Å². The van der Waals surface area contributed by atoms with E-state index in [1.807, 2.05) is 101 Å². The molecule has 0 radical (unpaired) electrons. The van der Waals surface area contributed by atoms with Crippen LogP contribution in [-0.4, -0.2) is 44.0 Å². The molecule has 0 saturated heterocycles. The third kappa shape index (κ3) is 10.3. The van der Waals surface area contributed by atoms with Crippen molar-refractivity contribution in [1.29, 1.82) is 0 Å². The molecule has 0 unspecified atom stereocenters. The van der Waals surface area contributed by atoms with Crippen molar-refractivity contribution in [2.75, 3.05) is 23.0 Å². The highest BCUT2D eigenvalue weighted by Gasteiger charge is 2.28. The first kappa shape index (κ1) is 38.9. The van der Waals surface area contributed by atoms with Crippen molar-refractivity contribution >= 4 is 75.0 Å². The average Bonchev–Trinajstić information content (AvgIpc) is 3.63. The number of halogens is 2. The van der Waals surface area contributed by atoms with Crippen LogP contribution in [0.2, 0.25) is 0 Å². The fraction of sp³-hybridized carbons (Fsp3) is 0.256. The number of fused-ring (bicyclic) bond motifs is 2. The molecule has 4 aromatic carbocycles. The number of unbranched alkanes of at least 4 members (excludes halogenated alkanes) is 2. The smallest absolute Gasteiger partial charge is 0.374 e. The standard InChI is InChI=1S/C39H38Br2N2O8S2/c1-2-27(23-38-42(19-3-5-21-52(44,45)46)34-25-30(11-17-36(34)50-38)28-7-13-32(40)14-8-28)24-39-43(20-4-6-22-53(47,48)49)35-26-31(12-18-37(35)51-39)29-9-15-33(41)16-10-29/h7-18,23-26H,2-6,19-22H2,1H3,(H-,44,45,46,47,48,49)/p+1. The van der Waals surface area contributed by atoms with Crippen molar-refractivity contribution in [3.8, 4) is 28.0 Å². The van der Waals surface area contributed by atoms with Gasteiger partial charge in [0.2, 0.25) is 11.5 Å². The Balaban J connectivity index is 1.37. The monoisotopic (exact) mass is 885 g/mol. The zero-order valence-electron chi connectivity index (χ0n) is 28.9. The minimum Gasteiger partial charge on any atom is -0.439 e. The Morgan fingerprint density at radius 3 is 1.92 bits per heavy atom. The predicted molar refractivity (Wildman–Crippen MR) is 215 cm³/mol. The normalized spacial score (nSPS) is 14.2. The van der Waals surface area contributed by atoms with Crippen LogP contribution in [-0.2, 0) is 26.8 Å². The molecular weight excluding hydrogens is 848 g/mol. The van der Waals surface area contributed by atoms with Crippen LogP contribution in [0, 0.1) is 0 Å². The van der Waals surface area contributed by atoms with Gasteiger partial charge in [-0.15, -0.1) is 0 Å². The van der Waals surface area contributed by atoms with E-state index < -0.39 is 20.2 Å². The molecule has 1 aliphatic rings. The van der Waals surface area contributed by atoms with E-state index in [0.29, 0.717) is 55.5 Å². The molecule has 2 heterocycles. The first-order valence-corrected chi connectivity index (χ1v) is 22.0. The van der Waals surface area contributed by atoms with Gasteiger partial charge in [0.15, 0.2) is 12.3 Å². The largest absolute Gasteiger partial charge is 0.439 e. The molecule has 10 nitrogen and oxygen atoms in total. The van der Waals surface area contributed by atoms with Crippen LogP contribution < -0.4 is 14.2 Å². The summed E-state index contributed by atoms with van der Waals surface area (Å²) in [6.07, 6.45) is 6.05. The molecular formula is C39H39Br2N2O8S2+. The average molecular weight is 888 g/mol. The van der Waals surface area contributed by atoms with Gasteiger partial charge in [-0.2, -0.15) is 21.4 Å². The summed E-state index contributed by atoms with van der Waals surface area (Å²) in [6.45, 7) is 2.93. The molecule has 0 atom stereocenters. The summed E-state index contributed by atoms with van der Waals surface area (Å²) in [5.41, 5.74) is 7.30. The maximum absolute atomic E-state index is 11.4. The molecule has 0 amide bonds. The lowest BCUT2D eigenvalue weighted by Gasteiger charge is -2.19. The van der Waals surface area contributed by atoms with Gasteiger partial charge in [0.25, 0.3) is 25.8 Å². The van der Waals surface area contributed by atoms with Gasteiger partial charge in [-0.05, 0) is 96.0 Å². The molecule has 14 heteroatoms. The minimum absolute atomic E-state index is 0.277. The highest BCUT2D eigenvalue weighted by atomic mass is 79.9. The van der Waals surface area contributed by atoms with Crippen molar-refractivity contribution < 1.29 is 39.7 Å². The zero-order valence-corrected chi connectivity index (χ0v) is 33.7. The van der Waals surface area contributed by atoms with Crippen molar-refractivity contribution in [3.05, 3.63) is 117 Å². The molecule has 6 rings (SSSR count). The number of anilines is 1. The molecule has 5 aromatic rings.